The number of thioether (sulfide) groups is 1. The van der Waals surface area contributed by atoms with E-state index in [9.17, 15) is 13.2 Å². The van der Waals surface area contributed by atoms with Crippen molar-refractivity contribution in [1.82, 2.24) is 19.5 Å². The number of nitrogens with zero attached hydrogens (tertiary/aromatic N) is 3. The van der Waals surface area contributed by atoms with E-state index in [1.54, 1.807) is 19.2 Å². The van der Waals surface area contributed by atoms with E-state index in [1.807, 2.05) is 38.2 Å². The van der Waals surface area contributed by atoms with Crippen LogP contribution in [0.4, 0.5) is 0 Å². The summed E-state index contributed by atoms with van der Waals surface area (Å²) in [7, 11) is 0.0661. The lowest BCUT2D eigenvalue weighted by Gasteiger charge is -2.31. The molecule has 0 aliphatic carbocycles. The summed E-state index contributed by atoms with van der Waals surface area (Å²) in [4.78, 5) is 19.0. The van der Waals surface area contributed by atoms with E-state index < -0.39 is 10.0 Å². The molecule has 1 amide bonds. The van der Waals surface area contributed by atoms with E-state index >= 15 is 0 Å². The highest BCUT2D eigenvalue weighted by Crippen LogP contribution is 2.24. The summed E-state index contributed by atoms with van der Waals surface area (Å²) < 4.78 is 32.2. The first kappa shape index (κ1) is 24.5. The van der Waals surface area contributed by atoms with Gasteiger partial charge >= 0.3 is 0 Å². The molecular weight excluding hydrogens is 448 g/mol. The third kappa shape index (κ3) is 6.44. The molecular formula is C22H30N4O4S2. The van der Waals surface area contributed by atoms with Crippen molar-refractivity contribution in [3.8, 4) is 5.75 Å². The van der Waals surface area contributed by atoms with E-state index in [4.69, 9.17) is 4.74 Å². The van der Waals surface area contributed by atoms with Crippen LogP contribution in [-0.2, 0) is 21.2 Å². The fourth-order valence-corrected chi connectivity index (χ4v) is 5.45. The first-order valence-corrected chi connectivity index (χ1v) is 12.8. The third-order valence-corrected chi connectivity index (χ3v) is 8.28. The maximum Gasteiger partial charge on any atom is 0.244 e. The van der Waals surface area contributed by atoms with Gasteiger partial charge in [-0.25, -0.2) is 13.4 Å². The van der Waals surface area contributed by atoms with Gasteiger partial charge < -0.3 is 15.0 Å². The van der Waals surface area contributed by atoms with Crippen LogP contribution in [0.1, 0.15) is 12.5 Å². The summed E-state index contributed by atoms with van der Waals surface area (Å²) in [6, 6.07) is 11.0. The summed E-state index contributed by atoms with van der Waals surface area (Å²) in [5.74, 6) is 0.720. The normalized spacial score (nSPS) is 16.5. The van der Waals surface area contributed by atoms with Gasteiger partial charge in [-0.05, 0) is 50.2 Å². The molecule has 0 saturated carbocycles. The number of likely N-dealkylation sites (N-methyl/N-ethyl adjacent to an activating group) is 1. The fourth-order valence-electron chi connectivity index (χ4n) is 3.27. The monoisotopic (exact) mass is 478 g/mol. The lowest BCUT2D eigenvalue weighted by atomic mass is 10.1. The predicted molar refractivity (Wildman–Crippen MR) is 126 cm³/mol. The smallest absolute Gasteiger partial charge is 0.244 e. The number of hydrogen-bond donors (Lipinski definition) is 1. The number of rotatable bonds is 9. The van der Waals surface area contributed by atoms with E-state index in [1.165, 1.54) is 22.3 Å². The molecule has 1 aliphatic rings. The number of amides is 1. The SMILES string of the molecule is COc1ccc(CCNC(=O)[C@@H](C)Sc2ccc(S(=O)(=O)N3CCN(C)CC3)cn2)cc1. The van der Waals surface area contributed by atoms with Crippen molar-refractivity contribution in [1.29, 1.82) is 0 Å². The average Bonchev–Trinajstić information content (AvgIpc) is 2.80. The van der Waals surface area contributed by atoms with Gasteiger partial charge in [-0.15, -0.1) is 0 Å². The van der Waals surface area contributed by atoms with E-state index in [0.717, 1.165) is 17.7 Å². The summed E-state index contributed by atoms with van der Waals surface area (Å²) in [6.45, 7) is 4.72. The number of aromatic nitrogens is 1. The number of ether oxygens (including phenoxy) is 1. The molecule has 2 heterocycles. The Hall–Kier alpha value is -2.14. The predicted octanol–water partition coefficient (Wildman–Crippen LogP) is 1.87. The van der Waals surface area contributed by atoms with Gasteiger partial charge in [0.05, 0.1) is 17.4 Å². The van der Waals surface area contributed by atoms with Crippen LogP contribution in [0.3, 0.4) is 0 Å². The zero-order valence-corrected chi connectivity index (χ0v) is 20.3. The van der Waals surface area contributed by atoms with Gasteiger partial charge in [0, 0.05) is 38.9 Å². The fraction of sp³-hybridized carbons (Fsp3) is 0.455. The van der Waals surface area contributed by atoms with Gasteiger partial charge in [-0.3, -0.25) is 4.79 Å². The minimum atomic E-state index is -3.54. The molecule has 1 aliphatic heterocycles. The first-order chi connectivity index (χ1) is 15.3. The number of methoxy groups -OCH3 is 1. The number of carbonyl (C=O) groups is 1. The number of nitrogens with one attached hydrogen (secondary N) is 1. The average molecular weight is 479 g/mol. The molecule has 174 valence electrons. The summed E-state index contributed by atoms with van der Waals surface area (Å²) >= 11 is 1.30. The Morgan fingerprint density at radius 1 is 1.16 bits per heavy atom. The molecule has 2 aromatic rings. The van der Waals surface area contributed by atoms with Crippen molar-refractivity contribution < 1.29 is 17.9 Å². The highest BCUT2D eigenvalue weighted by molar-refractivity contribution is 8.00. The maximum atomic E-state index is 12.8. The molecule has 0 bridgehead atoms. The second kappa shape index (κ2) is 11.1. The van der Waals surface area contributed by atoms with Gasteiger partial charge in [-0.1, -0.05) is 23.9 Å². The molecule has 1 N–H and O–H groups in total. The van der Waals surface area contributed by atoms with Crippen LogP contribution in [0.2, 0.25) is 0 Å². The minimum Gasteiger partial charge on any atom is -0.497 e. The van der Waals surface area contributed by atoms with Crippen LogP contribution in [0.25, 0.3) is 0 Å². The van der Waals surface area contributed by atoms with Crippen molar-refractivity contribution in [2.75, 3.05) is 46.9 Å². The van der Waals surface area contributed by atoms with Crippen molar-refractivity contribution in [3.05, 3.63) is 48.2 Å². The summed E-state index contributed by atoms with van der Waals surface area (Å²) in [6.07, 6.45) is 2.11. The molecule has 1 aromatic heterocycles. The van der Waals surface area contributed by atoms with Gasteiger partial charge in [0.1, 0.15) is 10.6 Å². The number of pyridine rings is 1. The Bertz CT molecular complexity index is 990. The molecule has 32 heavy (non-hydrogen) atoms. The van der Waals surface area contributed by atoms with Crippen molar-refractivity contribution in [2.24, 2.45) is 0 Å². The molecule has 0 spiro atoms. The highest BCUT2D eigenvalue weighted by atomic mass is 32.2. The number of carbonyl (C=O) groups excluding carboxylic acids is 1. The summed E-state index contributed by atoms with van der Waals surface area (Å²) in [5.41, 5.74) is 1.12. The van der Waals surface area contributed by atoms with Crippen LogP contribution < -0.4 is 10.1 Å². The van der Waals surface area contributed by atoms with Crippen LogP contribution in [-0.4, -0.2) is 80.6 Å². The topological polar surface area (TPSA) is 91.8 Å². The zero-order valence-electron chi connectivity index (χ0n) is 18.7. The molecule has 1 aromatic carbocycles. The largest absolute Gasteiger partial charge is 0.497 e. The Labute approximate surface area is 194 Å². The van der Waals surface area contributed by atoms with Gasteiger partial charge in [0.25, 0.3) is 0 Å². The Kier molecular flexibility index (Phi) is 8.52. The molecule has 1 fully saturated rings. The van der Waals surface area contributed by atoms with E-state index in [-0.39, 0.29) is 16.1 Å². The molecule has 10 heteroatoms. The molecule has 1 saturated heterocycles. The third-order valence-electron chi connectivity index (χ3n) is 5.35. The van der Waals surface area contributed by atoms with Crippen LogP contribution >= 0.6 is 11.8 Å². The van der Waals surface area contributed by atoms with Gasteiger partial charge in [0.2, 0.25) is 15.9 Å². The van der Waals surface area contributed by atoms with Gasteiger partial charge in [0.15, 0.2) is 0 Å². The first-order valence-electron chi connectivity index (χ1n) is 10.5. The second-order valence-corrected chi connectivity index (χ2v) is 11.0. The molecule has 0 radical (unpaired) electrons. The van der Waals surface area contributed by atoms with Gasteiger partial charge in [-0.2, -0.15) is 4.31 Å². The Morgan fingerprint density at radius 2 is 1.84 bits per heavy atom. The Morgan fingerprint density at radius 3 is 2.44 bits per heavy atom. The molecule has 3 rings (SSSR count). The van der Waals surface area contributed by atoms with Crippen LogP contribution in [0.15, 0.2) is 52.5 Å². The summed E-state index contributed by atoms with van der Waals surface area (Å²) in [5, 5.41) is 3.20. The maximum absolute atomic E-state index is 12.8. The zero-order chi connectivity index (χ0) is 23.1. The lowest BCUT2D eigenvalue weighted by Crippen LogP contribution is -2.47. The number of piperazine rings is 1. The minimum absolute atomic E-state index is 0.0838. The number of benzene rings is 1. The number of hydrogen-bond acceptors (Lipinski definition) is 7. The van der Waals surface area contributed by atoms with Crippen LogP contribution in [0, 0.1) is 0 Å². The van der Waals surface area contributed by atoms with Crippen molar-refractivity contribution >= 4 is 27.7 Å². The lowest BCUT2D eigenvalue weighted by molar-refractivity contribution is -0.120. The highest BCUT2D eigenvalue weighted by Gasteiger charge is 2.27. The Balaban J connectivity index is 1.49. The second-order valence-electron chi connectivity index (χ2n) is 7.69. The van der Waals surface area contributed by atoms with Crippen LogP contribution in [0.5, 0.6) is 5.75 Å². The van der Waals surface area contributed by atoms with Crippen molar-refractivity contribution in [2.45, 2.75) is 28.5 Å². The standard InChI is InChI=1S/C22H30N4O4S2/c1-17(22(27)23-11-10-18-4-6-19(30-3)7-5-18)31-21-9-8-20(16-24-21)32(28,29)26-14-12-25(2)13-15-26/h4-9,16-17H,10-15H2,1-3H3,(H,23,27)/t17-/m1/s1. The number of sulfonamides is 1. The van der Waals surface area contributed by atoms with Crippen molar-refractivity contribution in [3.63, 3.8) is 0 Å². The molecule has 8 nitrogen and oxygen atoms in total. The molecule has 0 unspecified atom stereocenters. The quantitative estimate of drug-likeness (QED) is 0.550. The van der Waals surface area contributed by atoms with E-state index in [2.05, 4.69) is 15.2 Å². The molecule has 1 atom stereocenters. The van der Waals surface area contributed by atoms with E-state index in [0.29, 0.717) is 37.7 Å².